The molecule has 24 heteroatoms. The number of hydrogen-bond acceptors (Lipinski definition) is 18. The van der Waals surface area contributed by atoms with E-state index in [1.165, 1.54) is 64.7 Å². The van der Waals surface area contributed by atoms with Crippen molar-refractivity contribution in [2.75, 3.05) is 95.8 Å². The van der Waals surface area contributed by atoms with Crippen LogP contribution in [0.2, 0.25) is 25.7 Å². The molecular weight excluding hydrogens is 1210 g/mol. The summed E-state index contributed by atoms with van der Waals surface area (Å²) in [7, 11) is -1.36. The number of aromatic amines is 1. The van der Waals surface area contributed by atoms with Crippen LogP contribution in [0, 0.1) is 22.7 Å². The number of H-pyrrole nitrogens is 1. The largest absolute Gasteiger partial charge is 0.444 e. The molecule has 0 bridgehead atoms. The zero-order valence-electron chi connectivity index (χ0n) is 56.1. The maximum absolute atomic E-state index is 14.0. The molecule has 4 saturated heterocycles. The summed E-state index contributed by atoms with van der Waals surface area (Å²) in [6.45, 7) is 24.4. The minimum Gasteiger partial charge on any atom is -0.444 e. The molecule has 4 aliphatic rings. The van der Waals surface area contributed by atoms with E-state index in [4.69, 9.17) is 24.4 Å². The van der Waals surface area contributed by atoms with Crippen molar-refractivity contribution in [2.24, 2.45) is 0 Å². The van der Waals surface area contributed by atoms with Crippen LogP contribution in [0.3, 0.4) is 0 Å². The molecule has 0 saturated carbocycles. The van der Waals surface area contributed by atoms with Gasteiger partial charge in [-0.3, -0.25) is 24.1 Å². The van der Waals surface area contributed by atoms with Gasteiger partial charge in [-0.2, -0.15) is 10.5 Å². The van der Waals surface area contributed by atoms with E-state index in [9.17, 15) is 24.9 Å². The Bertz CT molecular complexity index is 4080. The number of aromatic nitrogens is 8. The second kappa shape index (κ2) is 31.3. The Hall–Kier alpha value is -8.65. The quantitative estimate of drug-likeness (QED) is 0.0288. The van der Waals surface area contributed by atoms with Gasteiger partial charge < -0.3 is 55.7 Å². The molecule has 2 aromatic carbocycles. The molecule has 4 aliphatic heterocycles. The van der Waals surface area contributed by atoms with Crippen LogP contribution < -0.4 is 26.6 Å². The minimum absolute atomic E-state index is 0.120. The van der Waals surface area contributed by atoms with E-state index in [0.29, 0.717) is 88.2 Å². The smallest absolute Gasteiger partial charge is 0.410 e. The number of anilines is 2. The number of imidazole rings is 2. The molecule has 0 atom stereocenters. The number of nitriles is 2. The molecule has 0 radical (unpaired) electrons. The standard InChI is InChI=1S/C41H57N9O4Si.C30H35N9O/c1-41(2,3)54-40(52)49-21-14-29(15-22-49)45-39(51)38-47-37-31(26-42)30(11-12-36(37)50(38)28-53-23-24-55(4,5)6)35-25-34(32-27-43-17-13-33(32)46-35)44-16-10-20-48-18-8-7-9-19-48;31-18-22-21(5-6-25-28(22)38-29(37-25)30(40)35-20-7-11-32-12-8-20)27-17-26(23-19-33-13-9-24(23)36-27)34-10-4-16-39-14-2-1-3-15-39/h11-13,17,25,27,29H,7-10,14-16,18-24,28H2,1-6H3,(H,44,46)(H,45,51);5-6,9,13,17,19-20,32H,1-4,7-8,10-12,14-16H2,(H,34,36)(H,35,40)(H,37,38). The summed E-state index contributed by atoms with van der Waals surface area (Å²) in [6.07, 6.45) is 19.6. The van der Waals surface area contributed by atoms with Gasteiger partial charge in [-0.1, -0.05) is 32.5 Å². The lowest BCUT2D eigenvalue weighted by molar-refractivity contribution is 0.0199. The van der Waals surface area contributed by atoms with Gasteiger partial charge in [-0.15, -0.1) is 0 Å². The highest BCUT2D eigenvalue weighted by Crippen LogP contribution is 2.36. The van der Waals surface area contributed by atoms with Crippen molar-refractivity contribution >= 4 is 81.2 Å². The molecule has 4 fully saturated rings. The van der Waals surface area contributed by atoms with Crippen molar-refractivity contribution in [3.05, 3.63) is 96.1 Å². The predicted molar refractivity (Wildman–Crippen MR) is 375 cm³/mol. The number of likely N-dealkylation sites (tertiary alicyclic amines) is 3. The van der Waals surface area contributed by atoms with Crippen molar-refractivity contribution in [3.8, 4) is 34.7 Å². The first kappa shape index (κ1) is 67.8. The minimum atomic E-state index is -1.36. The monoisotopic (exact) mass is 1300 g/mol. The van der Waals surface area contributed by atoms with Crippen molar-refractivity contribution in [1.82, 2.24) is 70.1 Å². The maximum atomic E-state index is 14.0. The Labute approximate surface area is 557 Å². The Morgan fingerprint density at radius 3 is 1.77 bits per heavy atom. The number of amides is 3. The number of carbonyl (C=O) groups excluding carboxylic acids is 3. The topological polar surface area (TPSA) is 285 Å². The molecule has 0 spiro atoms. The summed E-state index contributed by atoms with van der Waals surface area (Å²) in [6, 6.07) is 21.0. The molecular formula is C71H92N18O5Si. The van der Waals surface area contributed by atoms with Crippen LogP contribution in [0.25, 0.3) is 66.4 Å². The van der Waals surface area contributed by atoms with Crippen LogP contribution in [0.1, 0.15) is 130 Å². The Balaban J connectivity index is 0.000000203. The third-order valence-electron chi connectivity index (χ3n) is 18.2. The zero-order valence-corrected chi connectivity index (χ0v) is 57.1. The molecule has 10 heterocycles. The van der Waals surface area contributed by atoms with Gasteiger partial charge in [0.25, 0.3) is 11.8 Å². The number of hydrogen-bond donors (Lipinski definition) is 6. The highest BCUT2D eigenvalue weighted by Gasteiger charge is 2.31. The van der Waals surface area contributed by atoms with E-state index in [-0.39, 0.29) is 48.4 Å². The van der Waals surface area contributed by atoms with E-state index in [1.54, 1.807) is 21.9 Å². The predicted octanol–water partition coefficient (Wildman–Crippen LogP) is 11.1. The second-order valence-electron chi connectivity index (χ2n) is 27.7. The van der Waals surface area contributed by atoms with Crippen LogP contribution in [-0.2, 0) is 16.2 Å². The van der Waals surface area contributed by atoms with Crippen LogP contribution in [0.5, 0.6) is 0 Å². The summed E-state index contributed by atoms with van der Waals surface area (Å²) in [5.41, 5.74) is 8.42. The molecule has 3 amide bonds. The lowest BCUT2D eigenvalue weighted by Crippen LogP contribution is -2.48. The Morgan fingerprint density at radius 2 is 1.21 bits per heavy atom. The summed E-state index contributed by atoms with van der Waals surface area (Å²) < 4.78 is 13.5. The number of carbonyl (C=O) groups is 3. The molecule has 95 heavy (non-hydrogen) atoms. The van der Waals surface area contributed by atoms with Gasteiger partial charge in [0.05, 0.1) is 44.6 Å². The number of pyridine rings is 4. The summed E-state index contributed by atoms with van der Waals surface area (Å²) in [5.74, 6) is -0.199. The van der Waals surface area contributed by atoms with Gasteiger partial charge in [0.1, 0.15) is 35.5 Å². The fourth-order valence-corrected chi connectivity index (χ4v) is 13.7. The number of fused-ring (bicyclic) bond motifs is 4. The van der Waals surface area contributed by atoms with Gasteiger partial charge in [-0.05, 0) is 192 Å². The highest BCUT2D eigenvalue weighted by atomic mass is 28.3. The number of nitrogens with one attached hydrogen (secondary N) is 6. The highest BCUT2D eigenvalue weighted by molar-refractivity contribution is 6.76. The van der Waals surface area contributed by atoms with Crippen molar-refractivity contribution in [3.63, 3.8) is 0 Å². The van der Waals surface area contributed by atoms with Crippen molar-refractivity contribution in [1.29, 1.82) is 10.5 Å². The molecule has 23 nitrogen and oxygen atoms in total. The molecule has 8 aromatic rings. The first-order valence-electron chi connectivity index (χ1n) is 34.2. The maximum Gasteiger partial charge on any atom is 0.410 e. The van der Waals surface area contributed by atoms with Crippen LogP contribution in [0.4, 0.5) is 16.2 Å². The number of ether oxygens (including phenoxy) is 2. The summed E-state index contributed by atoms with van der Waals surface area (Å²) >= 11 is 0. The fraction of sp³-hybridized carbons (Fsp3) is 0.507. The van der Waals surface area contributed by atoms with Crippen molar-refractivity contribution < 1.29 is 23.9 Å². The number of nitrogens with zero attached hydrogens (tertiary/aromatic N) is 12. The number of rotatable bonds is 21. The average Bonchev–Trinajstić information content (AvgIpc) is 1.69. The van der Waals surface area contributed by atoms with Gasteiger partial charge in [0.2, 0.25) is 5.82 Å². The van der Waals surface area contributed by atoms with Gasteiger partial charge in [-0.25, -0.2) is 24.7 Å². The summed E-state index contributed by atoms with van der Waals surface area (Å²) in [4.78, 5) is 77.4. The van der Waals surface area contributed by atoms with Gasteiger partial charge in [0.15, 0.2) is 5.82 Å². The van der Waals surface area contributed by atoms with Crippen LogP contribution in [0.15, 0.2) is 73.3 Å². The van der Waals surface area contributed by atoms with Crippen molar-refractivity contribution in [2.45, 2.75) is 148 Å². The lowest BCUT2D eigenvalue weighted by Gasteiger charge is -2.33. The Morgan fingerprint density at radius 1 is 0.663 bits per heavy atom. The first-order valence-corrected chi connectivity index (χ1v) is 37.9. The third-order valence-corrected chi connectivity index (χ3v) is 19.9. The zero-order chi connectivity index (χ0) is 66.5. The normalized spacial score (nSPS) is 16.3. The van der Waals surface area contributed by atoms with E-state index >= 15 is 0 Å². The summed E-state index contributed by atoms with van der Waals surface area (Å²) in [5, 5.41) is 39.5. The van der Waals surface area contributed by atoms with E-state index < -0.39 is 13.7 Å². The van der Waals surface area contributed by atoms with E-state index in [2.05, 4.69) is 88.1 Å². The third kappa shape index (κ3) is 17.4. The molecule has 0 unspecified atom stereocenters. The lowest BCUT2D eigenvalue weighted by atomic mass is 10.0. The first-order chi connectivity index (χ1) is 46.0. The molecule has 12 rings (SSSR count). The SMILES string of the molecule is CC(C)(C)OC(=O)N1CCC(NC(=O)c2nc3c(C#N)c(-c4cc(NCCCN5CCCCC5)c5cnccc5n4)ccc3n2COCC[Si](C)(C)C)CC1.N#Cc1c(-c2cc(NCCCN3CCCCC3)c3cnccc3n2)ccc2[nH]c(C(=O)NC3CCNCC3)nc12. The van der Waals surface area contributed by atoms with E-state index in [0.717, 1.165) is 104 Å². The molecule has 0 aliphatic carbocycles. The Kier molecular flexibility index (Phi) is 22.3. The number of benzene rings is 2. The van der Waals surface area contributed by atoms with Gasteiger partial charge in [0, 0.05) is 111 Å². The van der Waals surface area contributed by atoms with Gasteiger partial charge >= 0.3 is 6.09 Å². The second-order valence-corrected chi connectivity index (χ2v) is 33.4. The number of piperidine rings is 4. The van der Waals surface area contributed by atoms with Crippen LogP contribution >= 0.6 is 0 Å². The fourth-order valence-electron chi connectivity index (χ4n) is 13.0. The van der Waals surface area contributed by atoms with E-state index in [1.807, 2.05) is 81.7 Å². The van der Waals surface area contributed by atoms with Crippen LogP contribution in [-0.4, -0.2) is 183 Å². The average molecular weight is 1310 g/mol. The molecule has 500 valence electrons. The molecule has 6 aromatic heterocycles. The molecule has 6 N–H and O–H groups in total.